The lowest BCUT2D eigenvalue weighted by Crippen LogP contribution is -2.35. The molecule has 130 valence electrons. The Morgan fingerprint density at radius 3 is 2.71 bits per heavy atom. The topological polar surface area (TPSA) is 56.3 Å². The third kappa shape index (κ3) is 3.00. The van der Waals surface area contributed by atoms with Crippen LogP contribution in [0.3, 0.4) is 0 Å². The minimum atomic E-state index is -4.59. The van der Waals surface area contributed by atoms with Gasteiger partial charge in [0, 0.05) is 41.3 Å². The maximum Gasteiger partial charge on any atom is 0.417 e. The second kappa shape index (κ2) is 6.12. The number of nitrogens with one attached hydrogen (secondary N) is 1. The Morgan fingerprint density at radius 2 is 2.04 bits per heavy atom. The molecule has 4 nitrogen and oxygen atoms in total. The highest BCUT2D eigenvalue weighted by Crippen LogP contribution is 2.37. The van der Waals surface area contributed by atoms with Gasteiger partial charge in [0.05, 0.1) is 5.56 Å². The molecule has 0 aliphatic carbocycles. The Hall–Kier alpha value is -2.02. The Balaban J connectivity index is 2.14. The lowest BCUT2D eigenvalue weighted by atomic mass is 10.1. The first-order chi connectivity index (χ1) is 11.3. The molecule has 0 amide bonds. The Bertz CT molecular complexity index is 799. The van der Waals surface area contributed by atoms with Crippen molar-refractivity contribution < 1.29 is 18.3 Å². The molecule has 0 spiro atoms. The minimum Gasteiger partial charge on any atom is -0.396 e. The third-order valence-electron chi connectivity index (χ3n) is 4.68. The summed E-state index contributed by atoms with van der Waals surface area (Å²) in [5.41, 5.74) is -0.837. The number of pyridine rings is 1. The third-order valence-corrected chi connectivity index (χ3v) is 4.68. The number of H-pyrrole nitrogens is 1. The first kappa shape index (κ1) is 16.8. The molecule has 0 radical (unpaired) electrons. The molecule has 24 heavy (non-hydrogen) atoms. The van der Waals surface area contributed by atoms with Crippen LogP contribution >= 0.6 is 0 Å². The van der Waals surface area contributed by atoms with Crippen LogP contribution in [0, 0.1) is 0 Å². The Labute approximate surface area is 136 Å². The van der Waals surface area contributed by atoms with Crippen molar-refractivity contribution in [1.29, 1.82) is 0 Å². The van der Waals surface area contributed by atoms with Gasteiger partial charge in [-0.25, -0.2) is 0 Å². The predicted molar refractivity (Wildman–Crippen MR) is 86.2 cm³/mol. The van der Waals surface area contributed by atoms with Crippen molar-refractivity contribution in [2.75, 3.05) is 11.5 Å². The number of nitrogens with zero attached hydrogens (tertiary/aromatic N) is 1. The van der Waals surface area contributed by atoms with Gasteiger partial charge in [0.2, 0.25) is 5.56 Å². The lowest BCUT2D eigenvalue weighted by molar-refractivity contribution is -0.136. The van der Waals surface area contributed by atoms with Crippen LogP contribution in [-0.4, -0.2) is 28.8 Å². The van der Waals surface area contributed by atoms with E-state index in [2.05, 4.69) is 9.88 Å². The summed E-state index contributed by atoms with van der Waals surface area (Å²) in [5, 5.41) is 9.20. The number of benzene rings is 1. The number of aromatic amines is 1. The van der Waals surface area contributed by atoms with Crippen molar-refractivity contribution in [3.8, 4) is 0 Å². The maximum atomic E-state index is 13.3. The van der Waals surface area contributed by atoms with Gasteiger partial charge in [-0.05, 0) is 44.4 Å². The van der Waals surface area contributed by atoms with E-state index in [9.17, 15) is 23.1 Å². The van der Waals surface area contributed by atoms with Crippen molar-refractivity contribution in [3.63, 3.8) is 0 Å². The molecule has 1 saturated heterocycles. The van der Waals surface area contributed by atoms with Crippen LogP contribution in [-0.2, 0) is 6.18 Å². The van der Waals surface area contributed by atoms with Crippen LogP contribution in [0.25, 0.3) is 10.9 Å². The molecule has 2 N–H and O–H groups in total. The van der Waals surface area contributed by atoms with Gasteiger partial charge in [0.1, 0.15) is 0 Å². The SMILES string of the molecule is C[C@@H]1CC[C@H](CCO)N1c1ccc2[nH]c(=O)cc(C(F)(F)F)c2c1. The van der Waals surface area contributed by atoms with Crippen LogP contribution in [0.4, 0.5) is 18.9 Å². The fraction of sp³-hybridized carbons (Fsp3) is 0.471. The van der Waals surface area contributed by atoms with Gasteiger partial charge in [0.25, 0.3) is 0 Å². The molecular weight excluding hydrogens is 321 g/mol. The molecule has 2 heterocycles. The highest BCUT2D eigenvalue weighted by Gasteiger charge is 2.34. The van der Waals surface area contributed by atoms with E-state index in [0.29, 0.717) is 18.2 Å². The quantitative estimate of drug-likeness (QED) is 0.901. The highest BCUT2D eigenvalue weighted by molar-refractivity contribution is 5.86. The number of halogens is 3. The number of alkyl halides is 3. The van der Waals surface area contributed by atoms with Crippen molar-refractivity contribution in [2.45, 2.75) is 44.4 Å². The zero-order valence-corrected chi connectivity index (χ0v) is 13.2. The molecule has 7 heteroatoms. The summed E-state index contributed by atoms with van der Waals surface area (Å²) < 4.78 is 39.8. The average Bonchev–Trinajstić information content (AvgIpc) is 2.86. The first-order valence-electron chi connectivity index (χ1n) is 7.94. The Morgan fingerprint density at radius 1 is 1.29 bits per heavy atom. The highest BCUT2D eigenvalue weighted by atomic mass is 19.4. The fourth-order valence-corrected chi connectivity index (χ4v) is 3.61. The van der Waals surface area contributed by atoms with E-state index in [1.54, 1.807) is 6.07 Å². The van der Waals surface area contributed by atoms with E-state index in [4.69, 9.17) is 0 Å². The summed E-state index contributed by atoms with van der Waals surface area (Å²) in [7, 11) is 0. The molecule has 0 bridgehead atoms. The van der Waals surface area contributed by atoms with Gasteiger partial charge in [-0.15, -0.1) is 0 Å². The van der Waals surface area contributed by atoms with Crippen LogP contribution < -0.4 is 10.5 Å². The van der Waals surface area contributed by atoms with Gasteiger partial charge in [-0.1, -0.05) is 0 Å². The van der Waals surface area contributed by atoms with E-state index in [0.717, 1.165) is 12.8 Å². The average molecular weight is 340 g/mol. The monoisotopic (exact) mass is 340 g/mol. The van der Waals surface area contributed by atoms with Gasteiger partial charge in [0.15, 0.2) is 0 Å². The van der Waals surface area contributed by atoms with Crippen molar-refractivity contribution in [1.82, 2.24) is 4.98 Å². The van der Waals surface area contributed by atoms with Gasteiger partial charge < -0.3 is 15.0 Å². The summed E-state index contributed by atoms with van der Waals surface area (Å²) in [5.74, 6) is 0. The lowest BCUT2D eigenvalue weighted by Gasteiger charge is -2.31. The Kier molecular flexibility index (Phi) is 4.29. The number of anilines is 1. The largest absolute Gasteiger partial charge is 0.417 e. The second-order valence-corrected chi connectivity index (χ2v) is 6.27. The van der Waals surface area contributed by atoms with Crippen LogP contribution in [0.2, 0.25) is 0 Å². The summed E-state index contributed by atoms with van der Waals surface area (Å²) in [4.78, 5) is 16.0. The molecule has 1 aliphatic heterocycles. The van der Waals surface area contributed by atoms with Crippen molar-refractivity contribution in [2.24, 2.45) is 0 Å². The zero-order chi connectivity index (χ0) is 17.5. The molecule has 1 fully saturated rings. The van der Waals surface area contributed by atoms with Crippen LogP contribution in [0.5, 0.6) is 0 Å². The van der Waals surface area contributed by atoms with Crippen LogP contribution in [0.15, 0.2) is 29.1 Å². The summed E-state index contributed by atoms with van der Waals surface area (Å²) in [6, 6.07) is 5.63. The summed E-state index contributed by atoms with van der Waals surface area (Å²) in [6.45, 7) is 2.07. The van der Waals surface area contributed by atoms with E-state index < -0.39 is 17.3 Å². The van der Waals surface area contributed by atoms with E-state index in [1.165, 1.54) is 12.1 Å². The van der Waals surface area contributed by atoms with Gasteiger partial charge in [-0.3, -0.25) is 4.79 Å². The van der Waals surface area contributed by atoms with Crippen molar-refractivity contribution >= 4 is 16.6 Å². The molecule has 1 aromatic heterocycles. The second-order valence-electron chi connectivity index (χ2n) is 6.27. The molecule has 1 aliphatic rings. The zero-order valence-electron chi connectivity index (χ0n) is 13.2. The number of aliphatic hydroxyl groups excluding tert-OH is 1. The molecule has 1 aromatic carbocycles. The number of hydrogen-bond donors (Lipinski definition) is 2. The number of rotatable bonds is 3. The molecule has 0 saturated carbocycles. The summed E-state index contributed by atoms with van der Waals surface area (Å²) in [6.07, 6.45) is -2.18. The molecular formula is C17H19F3N2O2. The van der Waals surface area contributed by atoms with E-state index in [-0.39, 0.29) is 29.6 Å². The fourth-order valence-electron chi connectivity index (χ4n) is 3.61. The number of aromatic nitrogens is 1. The molecule has 2 atom stereocenters. The minimum absolute atomic E-state index is 0.0125. The molecule has 3 rings (SSSR count). The smallest absolute Gasteiger partial charge is 0.396 e. The number of aliphatic hydroxyl groups is 1. The number of hydrogen-bond acceptors (Lipinski definition) is 3. The first-order valence-corrected chi connectivity index (χ1v) is 7.94. The standard InChI is InChI=1S/C17H19F3N2O2/c1-10-2-3-11(6-7-23)22(10)12-4-5-15-13(8-12)14(17(18,19)20)9-16(24)21-15/h4-5,8-11,23H,2-3,6-7H2,1H3,(H,21,24)/t10-,11-/m1/s1. The predicted octanol–water partition coefficient (Wildman–Crippen LogP) is 3.29. The van der Waals surface area contributed by atoms with Gasteiger partial charge >= 0.3 is 6.18 Å². The molecule has 2 aromatic rings. The summed E-state index contributed by atoms with van der Waals surface area (Å²) >= 11 is 0. The van der Waals surface area contributed by atoms with Crippen molar-refractivity contribution in [3.05, 3.63) is 40.2 Å². The van der Waals surface area contributed by atoms with Crippen LogP contribution in [0.1, 0.15) is 31.7 Å². The number of fused-ring (bicyclic) bond motifs is 1. The molecule has 0 unspecified atom stereocenters. The van der Waals surface area contributed by atoms with Gasteiger partial charge in [-0.2, -0.15) is 13.2 Å². The maximum absolute atomic E-state index is 13.3. The van der Waals surface area contributed by atoms with E-state index >= 15 is 0 Å². The normalized spacial score (nSPS) is 21.6. The van der Waals surface area contributed by atoms with E-state index in [1.807, 2.05) is 6.92 Å².